The van der Waals surface area contributed by atoms with Crippen molar-refractivity contribution in [1.29, 1.82) is 0 Å². The molecule has 3 rings (SSSR count). The zero-order valence-electron chi connectivity index (χ0n) is 13.1. The largest absolute Gasteiger partial charge is 0.467 e. The second kappa shape index (κ2) is 7.17. The van der Waals surface area contributed by atoms with Gasteiger partial charge in [-0.15, -0.1) is 0 Å². The Bertz CT molecular complexity index is 898. The van der Waals surface area contributed by atoms with Crippen molar-refractivity contribution < 1.29 is 17.6 Å². The highest BCUT2D eigenvalue weighted by Gasteiger charge is 2.23. The number of amides is 1. The fourth-order valence-corrected chi connectivity index (χ4v) is 4.28. The number of hydrogen-bond donors (Lipinski definition) is 2. The maximum absolute atomic E-state index is 12.5. The van der Waals surface area contributed by atoms with Gasteiger partial charge >= 0.3 is 0 Å². The zero-order valence-corrected chi connectivity index (χ0v) is 14.8. The minimum Gasteiger partial charge on any atom is -0.467 e. The molecule has 11 heteroatoms. The summed E-state index contributed by atoms with van der Waals surface area (Å²) in [6, 6.07) is 4.79. The fraction of sp³-hybridized carbons (Fsp3) is 0.214. The van der Waals surface area contributed by atoms with Gasteiger partial charge in [0.05, 0.1) is 12.5 Å². The van der Waals surface area contributed by atoms with Crippen LogP contribution >= 0.6 is 11.3 Å². The lowest BCUT2D eigenvalue weighted by atomic mass is 10.2. The van der Waals surface area contributed by atoms with Crippen molar-refractivity contribution in [2.24, 2.45) is 0 Å². The number of nitrogens with one attached hydrogen (secondary N) is 2. The average molecular weight is 381 g/mol. The molecule has 0 spiro atoms. The zero-order chi connectivity index (χ0) is 17.9. The molecule has 3 aromatic heterocycles. The molecule has 0 radical (unpaired) electrons. The Morgan fingerprint density at radius 1 is 1.44 bits per heavy atom. The van der Waals surface area contributed by atoms with Gasteiger partial charge in [-0.1, -0.05) is 11.3 Å². The van der Waals surface area contributed by atoms with Gasteiger partial charge in [-0.3, -0.25) is 9.48 Å². The van der Waals surface area contributed by atoms with E-state index in [1.54, 1.807) is 35.3 Å². The van der Waals surface area contributed by atoms with Gasteiger partial charge in [0.25, 0.3) is 10.0 Å². The standard InChI is InChI=1S/C14H15N5O4S2/c1-10(20)18-14-15-9-13(24-14)25(21,22)17-8-11(12-4-2-7-23-12)19-6-3-5-16-19/h2-7,9,11,17H,8H2,1H3,(H,15,18,20). The summed E-state index contributed by atoms with van der Waals surface area (Å²) in [5.41, 5.74) is 0. The first-order valence-electron chi connectivity index (χ1n) is 7.21. The summed E-state index contributed by atoms with van der Waals surface area (Å²) in [6.45, 7) is 1.37. The van der Waals surface area contributed by atoms with Crippen molar-refractivity contribution in [3.05, 3.63) is 48.8 Å². The van der Waals surface area contributed by atoms with Crippen LogP contribution in [-0.2, 0) is 14.8 Å². The normalized spacial score (nSPS) is 12.8. The molecule has 0 aliphatic rings. The second-order valence-electron chi connectivity index (χ2n) is 5.03. The van der Waals surface area contributed by atoms with Crippen LogP contribution in [0.5, 0.6) is 0 Å². The Morgan fingerprint density at radius 2 is 2.28 bits per heavy atom. The van der Waals surface area contributed by atoms with E-state index in [1.807, 2.05) is 0 Å². The molecule has 0 fully saturated rings. The van der Waals surface area contributed by atoms with Crippen LogP contribution in [0.25, 0.3) is 0 Å². The molecule has 0 aliphatic carbocycles. The van der Waals surface area contributed by atoms with Gasteiger partial charge in [0.15, 0.2) is 9.34 Å². The molecule has 0 aromatic carbocycles. The number of carbonyl (C=O) groups excluding carboxylic acids is 1. The van der Waals surface area contributed by atoms with Crippen molar-refractivity contribution in [2.75, 3.05) is 11.9 Å². The van der Waals surface area contributed by atoms with Crippen molar-refractivity contribution in [3.8, 4) is 0 Å². The van der Waals surface area contributed by atoms with E-state index in [4.69, 9.17) is 4.42 Å². The number of hydrogen-bond acceptors (Lipinski definition) is 7. The third-order valence-electron chi connectivity index (χ3n) is 3.21. The summed E-state index contributed by atoms with van der Waals surface area (Å²) < 4.78 is 34.5. The summed E-state index contributed by atoms with van der Waals surface area (Å²) >= 11 is 0.875. The average Bonchev–Trinajstić information content (AvgIpc) is 3.29. The molecular weight excluding hydrogens is 366 g/mol. The van der Waals surface area contributed by atoms with Gasteiger partial charge in [-0.05, 0) is 18.2 Å². The van der Waals surface area contributed by atoms with Gasteiger partial charge in [-0.2, -0.15) is 5.10 Å². The number of anilines is 1. The lowest BCUT2D eigenvalue weighted by molar-refractivity contribution is -0.114. The van der Waals surface area contributed by atoms with Crippen LogP contribution in [0.3, 0.4) is 0 Å². The molecule has 0 aliphatic heterocycles. The summed E-state index contributed by atoms with van der Waals surface area (Å²) in [7, 11) is -3.78. The number of thiazole rings is 1. The smallest absolute Gasteiger partial charge is 0.251 e. The van der Waals surface area contributed by atoms with Gasteiger partial charge in [0, 0.05) is 25.9 Å². The molecule has 2 N–H and O–H groups in total. The van der Waals surface area contributed by atoms with Crippen molar-refractivity contribution >= 4 is 32.4 Å². The van der Waals surface area contributed by atoms with Gasteiger partial charge in [-0.25, -0.2) is 18.1 Å². The summed E-state index contributed by atoms with van der Waals surface area (Å²) in [5.74, 6) is 0.262. The van der Waals surface area contributed by atoms with E-state index in [0.29, 0.717) is 5.76 Å². The lowest BCUT2D eigenvalue weighted by Crippen LogP contribution is -2.31. The topological polar surface area (TPSA) is 119 Å². The SMILES string of the molecule is CC(=O)Nc1ncc(S(=O)(=O)NCC(c2ccco2)n2cccn2)s1. The highest BCUT2D eigenvalue weighted by atomic mass is 32.2. The molecule has 0 saturated heterocycles. The van der Waals surface area contributed by atoms with E-state index in [9.17, 15) is 13.2 Å². The fourth-order valence-electron chi connectivity index (χ4n) is 2.12. The number of nitrogens with zero attached hydrogens (tertiary/aromatic N) is 3. The molecular formula is C14H15N5O4S2. The van der Waals surface area contributed by atoms with E-state index in [2.05, 4.69) is 20.1 Å². The highest BCUT2D eigenvalue weighted by molar-refractivity contribution is 7.91. The highest BCUT2D eigenvalue weighted by Crippen LogP contribution is 2.23. The first kappa shape index (κ1) is 17.3. The molecule has 25 heavy (non-hydrogen) atoms. The number of furan rings is 1. The predicted molar refractivity (Wildman–Crippen MR) is 90.7 cm³/mol. The minimum absolute atomic E-state index is 0.00918. The number of sulfonamides is 1. The Morgan fingerprint density at radius 3 is 2.92 bits per heavy atom. The molecule has 3 heterocycles. The van der Waals surface area contributed by atoms with E-state index >= 15 is 0 Å². The van der Waals surface area contributed by atoms with Crippen molar-refractivity contribution in [3.63, 3.8) is 0 Å². The van der Waals surface area contributed by atoms with Crippen LogP contribution in [-0.4, -0.2) is 35.6 Å². The summed E-state index contributed by atoms with van der Waals surface area (Å²) in [4.78, 5) is 14.9. The molecule has 3 aromatic rings. The van der Waals surface area contributed by atoms with Crippen LogP contribution in [0.4, 0.5) is 5.13 Å². The molecule has 0 bridgehead atoms. The van der Waals surface area contributed by atoms with Crippen LogP contribution in [0.1, 0.15) is 18.7 Å². The summed E-state index contributed by atoms with van der Waals surface area (Å²) in [6.07, 6.45) is 6.05. The monoisotopic (exact) mass is 381 g/mol. The quantitative estimate of drug-likeness (QED) is 0.639. The molecule has 132 valence electrons. The molecule has 1 unspecified atom stereocenters. The molecule has 1 amide bonds. The Kier molecular flexibility index (Phi) is 4.97. The van der Waals surface area contributed by atoms with E-state index in [1.165, 1.54) is 19.4 Å². The maximum Gasteiger partial charge on any atom is 0.251 e. The van der Waals surface area contributed by atoms with Gasteiger partial charge in [0.1, 0.15) is 11.8 Å². The number of rotatable bonds is 7. The third-order valence-corrected chi connectivity index (χ3v) is 6.01. The van der Waals surface area contributed by atoms with Crippen LogP contribution in [0.15, 0.2) is 51.7 Å². The molecule has 9 nitrogen and oxygen atoms in total. The minimum atomic E-state index is -3.78. The Labute approximate surface area is 147 Å². The first-order chi connectivity index (χ1) is 12.0. The van der Waals surface area contributed by atoms with E-state index in [-0.39, 0.29) is 21.8 Å². The Hall–Kier alpha value is -2.50. The molecule has 1 atom stereocenters. The van der Waals surface area contributed by atoms with Crippen LogP contribution in [0.2, 0.25) is 0 Å². The Balaban J connectivity index is 1.76. The molecule has 0 saturated carbocycles. The van der Waals surface area contributed by atoms with Crippen LogP contribution in [0, 0.1) is 0 Å². The predicted octanol–water partition coefficient (Wildman–Crippen LogP) is 1.46. The third kappa shape index (κ3) is 4.13. The van der Waals surface area contributed by atoms with E-state index < -0.39 is 16.1 Å². The maximum atomic E-state index is 12.5. The van der Waals surface area contributed by atoms with Crippen molar-refractivity contribution in [1.82, 2.24) is 19.5 Å². The second-order valence-corrected chi connectivity index (χ2v) is 8.06. The van der Waals surface area contributed by atoms with Crippen LogP contribution < -0.4 is 10.0 Å². The number of aromatic nitrogens is 3. The van der Waals surface area contributed by atoms with E-state index in [0.717, 1.165) is 11.3 Å². The van der Waals surface area contributed by atoms with Gasteiger partial charge in [0.2, 0.25) is 5.91 Å². The van der Waals surface area contributed by atoms with Crippen molar-refractivity contribution in [2.45, 2.75) is 17.2 Å². The lowest BCUT2D eigenvalue weighted by Gasteiger charge is -2.15. The van der Waals surface area contributed by atoms with Gasteiger partial charge < -0.3 is 9.73 Å². The first-order valence-corrected chi connectivity index (χ1v) is 9.51. The summed E-state index contributed by atoms with van der Waals surface area (Å²) in [5, 5.41) is 6.83. The number of carbonyl (C=O) groups is 1.